The summed E-state index contributed by atoms with van der Waals surface area (Å²) >= 11 is 6.12. The van der Waals surface area contributed by atoms with Gasteiger partial charge in [0.05, 0.1) is 22.6 Å². The number of aryl methyl sites for hydroxylation is 2. The average molecular weight is 614 g/mol. The molecule has 4 aromatic carbocycles. The van der Waals surface area contributed by atoms with Crippen LogP contribution in [0.3, 0.4) is 0 Å². The number of anilines is 3. The molecule has 0 heterocycles. The molecule has 0 aromatic heterocycles. The second-order valence-corrected chi connectivity index (χ2v) is 13.1. The molecule has 0 atom stereocenters. The lowest BCUT2D eigenvalue weighted by Gasteiger charge is -2.24. The van der Waals surface area contributed by atoms with Gasteiger partial charge >= 0.3 is 0 Å². The van der Waals surface area contributed by atoms with Crippen LogP contribution in [-0.2, 0) is 24.8 Å². The highest BCUT2D eigenvalue weighted by Gasteiger charge is 2.28. The summed E-state index contributed by atoms with van der Waals surface area (Å²) in [4.78, 5) is 13.0. The first-order valence-corrected chi connectivity index (χ1v) is 15.6. The van der Waals surface area contributed by atoms with Gasteiger partial charge in [-0.3, -0.25) is 13.8 Å². The zero-order valence-corrected chi connectivity index (χ0v) is 24.8. The molecule has 0 bridgehead atoms. The largest absolute Gasteiger partial charge is 0.497 e. The molecule has 2 N–H and O–H groups in total. The minimum absolute atomic E-state index is 0.00337. The van der Waals surface area contributed by atoms with Crippen LogP contribution in [-0.4, -0.2) is 36.4 Å². The molecule has 0 aliphatic heterocycles. The van der Waals surface area contributed by atoms with Crippen LogP contribution >= 0.6 is 11.6 Å². The van der Waals surface area contributed by atoms with Crippen LogP contribution in [0.2, 0.25) is 5.02 Å². The first-order chi connectivity index (χ1) is 19.4. The number of sulfonamides is 2. The zero-order chi connectivity index (χ0) is 29.8. The number of hydrogen-bond acceptors (Lipinski definition) is 6. The Morgan fingerprint density at radius 1 is 0.805 bits per heavy atom. The quantitative estimate of drug-likeness (QED) is 0.240. The highest BCUT2D eigenvalue weighted by atomic mass is 35.5. The maximum absolute atomic E-state index is 13.6. The fraction of sp³-hybridized carbons (Fsp3) is 0.138. The minimum atomic E-state index is -4.17. The first kappa shape index (κ1) is 29.9. The molecule has 9 nitrogen and oxygen atoms in total. The van der Waals surface area contributed by atoms with Crippen molar-refractivity contribution in [2.24, 2.45) is 0 Å². The van der Waals surface area contributed by atoms with Crippen molar-refractivity contribution in [2.45, 2.75) is 23.6 Å². The van der Waals surface area contributed by atoms with E-state index < -0.39 is 32.5 Å². The number of carbonyl (C=O) groups excluding carboxylic acids is 1. The lowest BCUT2D eigenvalue weighted by Crippen LogP contribution is -2.38. The van der Waals surface area contributed by atoms with Crippen LogP contribution in [0, 0.1) is 13.8 Å². The Balaban J connectivity index is 1.53. The van der Waals surface area contributed by atoms with Gasteiger partial charge in [0.2, 0.25) is 5.91 Å². The Morgan fingerprint density at radius 3 is 2.05 bits per heavy atom. The van der Waals surface area contributed by atoms with Crippen molar-refractivity contribution in [3.05, 3.63) is 107 Å². The number of rotatable bonds is 10. The summed E-state index contributed by atoms with van der Waals surface area (Å²) in [5.41, 5.74) is 2.91. The van der Waals surface area contributed by atoms with Crippen LogP contribution in [0.5, 0.6) is 5.75 Å². The summed E-state index contributed by atoms with van der Waals surface area (Å²) in [5, 5.41) is 2.92. The predicted molar refractivity (Wildman–Crippen MR) is 161 cm³/mol. The Bertz CT molecular complexity index is 1780. The molecule has 0 radical (unpaired) electrons. The second kappa shape index (κ2) is 12.2. The smallest absolute Gasteiger partial charge is 0.264 e. The van der Waals surface area contributed by atoms with E-state index in [9.17, 15) is 21.6 Å². The van der Waals surface area contributed by atoms with Crippen LogP contribution in [0.25, 0.3) is 0 Å². The maximum atomic E-state index is 13.6. The van der Waals surface area contributed by atoms with E-state index in [1.165, 1.54) is 67.8 Å². The molecule has 41 heavy (non-hydrogen) atoms. The van der Waals surface area contributed by atoms with Crippen molar-refractivity contribution < 1.29 is 26.4 Å². The van der Waals surface area contributed by atoms with E-state index in [4.69, 9.17) is 16.3 Å². The zero-order valence-electron chi connectivity index (χ0n) is 22.5. The number of benzene rings is 4. The lowest BCUT2D eigenvalue weighted by molar-refractivity contribution is -0.114. The number of nitrogens with zero attached hydrogens (tertiary/aromatic N) is 1. The highest BCUT2D eigenvalue weighted by Crippen LogP contribution is 2.27. The molecule has 214 valence electrons. The van der Waals surface area contributed by atoms with Crippen molar-refractivity contribution in [1.82, 2.24) is 0 Å². The highest BCUT2D eigenvalue weighted by molar-refractivity contribution is 7.93. The molecule has 0 aliphatic carbocycles. The first-order valence-electron chi connectivity index (χ1n) is 12.3. The molecule has 0 saturated carbocycles. The average Bonchev–Trinajstić information content (AvgIpc) is 2.94. The van der Waals surface area contributed by atoms with Crippen LogP contribution in [0.1, 0.15) is 11.1 Å². The molecule has 1 amide bonds. The molecule has 0 fully saturated rings. The Labute approximate surface area is 244 Å². The van der Waals surface area contributed by atoms with E-state index in [2.05, 4.69) is 10.0 Å². The third kappa shape index (κ3) is 7.18. The van der Waals surface area contributed by atoms with Crippen molar-refractivity contribution in [1.29, 1.82) is 0 Å². The van der Waals surface area contributed by atoms with E-state index in [1.54, 1.807) is 24.3 Å². The van der Waals surface area contributed by atoms with Gasteiger partial charge in [-0.2, -0.15) is 0 Å². The van der Waals surface area contributed by atoms with Gasteiger partial charge in [0.25, 0.3) is 20.0 Å². The van der Waals surface area contributed by atoms with Gasteiger partial charge < -0.3 is 10.1 Å². The molecule has 4 aromatic rings. The number of halogens is 1. The minimum Gasteiger partial charge on any atom is -0.497 e. The van der Waals surface area contributed by atoms with Crippen LogP contribution in [0.4, 0.5) is 17.1 Å². The molecule has 0 spiro atoms. The summed E-state index contributed by atoms with van der Waals surface area (Å²) in [7, 11) is -6.58. The number of hydrogen-bond donors (Lipinski definition) is 2. The number of carbonyl (C=O) groups is 1. The van der Waals surface area contributed by atoms with Gasteiger partial charge in [0.1, 0.15) is 12.3 Å². The van der Waals surface area contributed by atoms with Crippen molar-refractivity contribution >= 4 is 54.6 Å². The predicted octanol–water partition coefficient (Wildman–Crippen LogP) is 5.60. The molecular formula is C29H28ClN3O6S2. The second-order valence-electron chi connectivity index (χ2n) is 9.14. The fourth-order valence-electron chi connectivity index (χ4n) is 3.89. The molecule has 0 saturated heterocycles. The van der Waals surface area contributed by atoms with E-state index in [0.29, 0.717) is 16.5 Å². The monoisotopic (exact) mass is 613 g/mol. The van der Waals surface area contributed by atoms with Crippen LogP contribution in [0.15, 0.2) is 101 Å². The van der Waals surface area contributed by atoms with Crippen molar-refractivity contribution in [3.63, 3.8) is 0 Å². The van der Waals surface area contributed by atoms with Gasteiger partial charge in [-0.15, -0.1) is 0 Å². The molecule has 0 unspecified atom stereocenters. The number of ether oxygens (including phenoxy) is 1. The number of methoxy groups -OCH3 is 1. The van der Waals surface area contributed by atoms with Crippen molar-refractivity contribution in [2.75, 3.05) is 28.0 Å². The van der Waals surface area contributed by atoms with E-state index in [1.807, 2.05) is 19.9 Å². The SMILES string of the molecule is COc1ccc(S(=O)(=O)N(CC(=O)Nc2ccc(S(=O)(=O)Nc3ccc(C)c(C)c3)cc2)c2cccc(Cl)c2)cc1. The fourth-order valence-corrected chi connectivity index (χ4v) is 6.54. The maximum Gasteiger partial charge on any atom is 0.264 e. The lowest BCUT2D eigenvalue weighted by atomic mass is 10.1. The topological polar surface area (TPSA) is 122 Å². The normalized spacial score (nSPS) is 11.5. The van der Waals surface area contributed by atoms with Crippen LogP contribution < -0.4 is 19.1 Å². The molecule has 4 rings (SSSR count). The Kier molecular flexibility index (Phi) is 8.91. The van der Waals surface area contributed by atoms with Gasteiger partial charge in [0.15, 0.2) is 0 Å². The molecule has 0 aliphatic rings. The third-order valence-electron chi connectivity index (χ3n) is 6.24. The van der Waals surface area contributed by atoms with Crippen molar-refractivity contribution in [3.8, 4) is 5.75 Å². The van der Waals surface area contributed by atoms with Gasteiger partial charge in [-0.25, -0.2) is 16.8 Å². The molecular weight excluding hydrogens is 586 g/mol. The number of amides is 1. The van der Waals surface area contributed by atoms with Gasteiger partial charge in [-0.1, -0.05) is 23.7 Å². The summed E-state index contributed by atoms with van der Waals surface area (Å²) < 4.78 is 61.4. The standard InChI is InChI=1S/C29H28ClN3O6S2/c1-20-7-8-24(17-21(20)2)32-40(35,36)27-13-9-23(10-14-27)31-29(34)19-33(25-6-4-5-22(30)18-25)41(37,38)28-15-11-26(39-3)12-16-28/h4-18,32H,19H2,1-3H3,(H,31,34). The summed E-state index contributed by atoms with van der Waals surface area (Å²) in [6.07, 6.45) is 0. The Hall–Kier alpha value is -4.06. The van der Waals surface area contributed by atoms with E-state index >= 15 is 0 Å². The van der Waals surface area contributed by atoms with Gasteiger partial charge in [-0.05, 0) is 104 Å². The Morgan fingerprint density at radius 2 is 1.44 bits per heavy atom. The summed E-state index contributed by atoms with van der Waals surface area (Å²) in [6.45, 7) is 3.26. The van der Waals surface area contributed by atoms with Gasteiger partial charge in [0, 0.05) is 16.4 Å². The summed E-state index contributed by atoms with van der Waals surface area (Å²) in [5.74, 6) is -0.170. The third-order valence-corrected chi connectivity index (χ3v) is 9.66. The van der Waals surface area contributed by atoms with E-state index in [0.717, 1.165) is 15.4 Å². The number of nitrogens with one attached hydrogen (secondary N) is 2. The summed E-state index contributed by atoms with van der Waals surface area (Å²) in [6, 6.07) is 22.7. The molecule has 12 heteroatoms. The van der Waals surface area contributed by atoms with E-state index in [-0.39, 0.29) is 21.2 Å².